The number of amides is 2. The molecule has 33 heavy (non-hydrogen) atoms. The number of benzene rings is 2. The largest absolute Gasteiger partial charge is 0.350 e. The van der Waals surface area contributed by atoms with Gasteiger partial charge < -0.3 is 10.2 Å². The Bertz CT molecular complexity index is 1050. The van der Waals surface area contributed by atoms with Crippen LogP contribution >= 0.6 is 11.6 Å². The van der Waals surface area contributed by atoms with E-state index in [1.165, 1.54) is 4.90 Å². The summed E-state index contributed by atoms with van der Waals surface area (Å²) in [6.07, 6.45) is 1.57. The number of anilines is 1. The second-order valence-electron chi connectivity index (χ2n) is 8.98. The van der Waals surface area contributed by atoms with E-state index in [2.05, 4.69) is 5.32 Å². The van der Waals surface area contributed by atoms with Crippen molar-refractivity contribution in [3.05, 3.63) is 65.2 Å². The van der Waals surface area contributed by atoms with Gasteiger partial charge in [0, 0.05) is 17.1 Å². The smallest absolute Gasteiger partial charge is 0.244 e. The van der Waals surface area contributed by atoms with Gasteiger partial charge in [0.05, 0.1) is 11.9 Å². The van der Waals surface area contributed by atoms with Gasteiger partial charge in [0.1, 0.15) is 12.6 Å². The number of hydrogen-bond donors (Lipinski definition) is 1. The summed E-state index contributed by atoms with van der Waals surface area (Å²) in [6.45, 7) is 7.07. The maximum absolute atomic E-state index is 13.4. The highest BCUT2D eigenvalue weighted by Crippen LogP contribution is 2.21. The molecule has 2 rings (SSSR count). The average Bonchev–Trinajstić information content (AvgIpc) is 2.71. The summed E-state index contributed by atoms with van der Waals surface area (Å²) in [5, 5.41) is 3.35. The summed E-state index contributed by atoms with van der Waals surface area (Å²) >= 11 is 5.93. The maximum atomic E-state index is 13.4. The van der Waals surface area contributed by atoms with E-state index >= 15 is 0 Å². The van der Waals surface area contributed by atoms with Gasteiger partial charge in [0.15, 0.2) is 0 Å². The molecule has 0 spiro atoms. The third kappa shape index (κ3) is 8.37. The van der Waals surface area contributed by atoms with Crippen LogP contribution in [0.3, 0.4) is 0 Å². The minimum Gasteiger partial charge on any atom is -0.350 e. The van der Waals surface area contributed by atoms with E-state index < -0.39 is 34.1 Å². The SMILES string of the molecule is C[C@H](C(=O)NC(C)(C)C)N(CCc1ccccc1)C(=O)CN(c1ccc(Cl)cc1)S(C)(=O)=O. The number of halogens is 1. The van der Waals surface area contributed by atoms with E-state index in [-0.39, 0.29) is 12.5 Å². The zero-order valence-corrected chi connectivity index (χ0v) is 21.3. The van der Waals surface area contributed by atoms with E-state index in [1.54, 1.807) is 31.2 Å². The molecule has 0 unspecified atom stereocenters. The number of nitrogens with one attached hydrogen (secondary N) is 1. The van der Waals surface area contributed by atoms with E-state index in [9.17, 15) is 18.0 Å². The van der Waals surface area contributed by atoms with Crippen molar-refractivity contribution in [3.63, 3.8) is 0 Å². The molecule has 0 bridgehead atoms. The average molecular weight is 494 g/mol. The predicted octanol–water partition coefficient (Wildman–Crippen LogP) is 3.48. The second-order valence-corrected chi connectivity index (χ2v) is 11.3. The van der Waals surface area contributed by atoms with Crippen LogP contribution in [-0.4, -0.2) is 56.1 Å². The first kappa shape index (κ1) is 26.7. The lowest BCUT2D eigenvalue weighted by atomic mass is 10.1. The molecular formula is C24H32ClN3O4S. The second kappa shape index (κ2) is 11.0. The van der Waals surface area contributed by atoms with Crippen LogP contribution in [0.1, 0.15) is 33.3 Å². The van der Waals surface area contributed by atoms with Gasteiger partial charge in [0.2, 0.25) is 21.8 Å². The minimum absolute atomic E-state index is 0.264. The molecule has 1 atom stereocenters. The molecule has 0 saturated heterocycles. The molecule has 0 heterocycles. The fourth-order valence-corrected chi connectivity index (χ4v) is 4.24. The molecule has 9 heteroatoms. The van der Waals surface area contributed by atoms with Crippen molar-refractivity contribution in [3.8, 4) is 0 Å². The molecule has 0 fully saturated rings. The zero-order chi connectivity index (χ0) is 24.8. The van der Waals surface area contributed by atoms with Crippen molar-refractivity contribution in [2.45, 2.75) is 45.7 Å². The molecule has 180 valence electrons. The molecule has 0 radical (unpaired) electrons. The van der Waals surface area contributed by atoms with Crippen molar-refractivity contribution < 1.29 is 18.0 Å². The maximum Gasteiger partial charge on any atom is 0.244 e. The Morgan fingerprint density at radius 3 is 2.12 bits per heavy atom. The quantitative estimate of drug-likeness (QED) is 0.579. The van der Waals surface area contributed by atoms with Gasteiger partial charge in [0.25, 0.3) is 0 Å². The van der Waals surface area contributed by atoms with Crippen molar-refractivity contribution in [1.29, 1.82) is 0 Å². The first-order valence-corrected chi connectivity index (χ1v) is 12.9. The Kier molecular flexibility index (Phi) is 8.91. The van der Waals surface area contributed by atoms with Crippen LogP contribution in [0, 0.1) is 0 Å². The molecule has 0 aliphatic rings. The standard InChI is InChI=1S/C24H32ClN3O4S/c1-18(23(30)26-24(2,3)4)27(16-15-19-9-7-6-8-10-19)22(29)17-28(33(5,31)32)21-13-11-20(25)12-14-21/h6-14,18H,15-17H2,1-5H3,(H,26,30)/t18-/m1/s1. The van der Waals surface area contributed by atoms with Crippen LogP contribution in [0.15, 0.2) is 54.6 Å². The van der Waals surface area contributed by atoms with Gasteiger partial charge in [-0.1, -0.05) is 41.9 Å². The first-order chi connectivity index (χ1) is 15.3. The van der Waals surface area contributed by atoms with Gasteiger partial charge in [-0.25, -0.2) is 8.42 Å². The number of carbonyl (C=O) groups excluding carboxylic acids is 2. The Morgan fingerprint density at radius 1 is 1.03 bits per heavy atom. The molecule has 2 amide bonds. The normalized spacial score (nSPS) is 12.7. The van der Waals surface area contributed by atoms with E-state index in [0.29, 0.717) is 17.1 Å². The number of rotatable bonds is 9. The summed E-state index contributed by atoms with van der Waals surface area (Å²) < 4.78 is 26.0. The molecule has 0 aromatic heterocycles. The summed E-state index contributed by atoms with van der Waals surface area (Å²) in [5.41, 5.74) is 0.864. The predicted molar refractivity (Wildman–Crippen MR) is 133 cm³/mol. The Hall–Kier alpha value is -2.58. The lowest BCUT2D eigenvalue weighted by Crippen LogP contribution is -2.55. The van der Waals surface area contributed by atoms with Crippen LogP contribution < -0.4 is 9.62 Å². The summed E-state index contributed by atoms with van der Waals surface area (Å²) in [4.78, 5) is 27.7. The minimum atomic E-state index is -3.76. The number of sulfonamides is 1. The van der Waals surface area contributed by atoms with Crippen molar-refractivity contribution >= 4 is 39.1 Å². The van der Waals surface area contributed by atoms with E-state index in [4.69, 9.17) is 11.6 Å². The molecule has 7 nitrogen and oxygen atoms in total. The lowest BCUT2D eigenvalue weighted by Gasteiger charge is -2.33. The number of carbonyl (C=O) groups is 2. The third-order valence-electron chi connectivity index (χ3n) is 4.94. The lowest BCUT2D eigenvalue weighted by molar-refractivity contribution is -0.139. The van der Waals surface area contributed by atoms with Crippen molar-refractivity contribution in [2.75, 3.05) is 23.7 Å². The van der Waals surface area contributed by atoms with Crippen molar-refractivity contribution in [1.82, 2.24) is 10.2 Å². The van der Waals surface area contributed by atoms with Gasteiger partial charge in [-0.3, -0.25) is 13.9 Å². The molecule has 0 aliphatic carbocycles. The van der Waals surface area contributed by atoms with Crippen molar-refractivity contribution in [2.24, 2.45) is 0 Å². The molecule has 0 saturated carbocycles. The fraction of sp³-hybridized carbons (Fsp3) is 0.417. The Balaban J connectivity index is 2.31. The van der Waals surface area contributed by atoms with Crippen LogP contribution in [-0.2, 0) is 26.0 Å². The third-order valence-corrected chi connectivity index (χ3v) is 6.34. The van der Waals surface area contributed by atoms with Crippen LogP contribution in [0.25, 0.3) is 0 Å². The summed E-state index contributed by atoms with van der Waals surface area (Å²) in [5.74, 6) is -0.774. The van der Waals surface area contributed by atoms with Gasteiger partial charge >= 0.3 is 0 Å². The van der Waals surface area contributed by atoms with Gasteiger partial charge in [-0.15, -0.1) is 0 Å². The van der Waals surface area contributed by atoms with E-state index in [1.807, 2.05) is 51.1 Å². The van der Waals surface area contributed by atoms with Gasteiger partial charge in [-0.2, -0.15) is 0 Å². The Labute approximate surface area is 201 Å². The number of hydrogen-bond acceptors (Lipinski definition) is 4. The molecule has 2 aromatic carbocycles. The summed E-state index contributed by atoms with van der Waals surface area (Å²) in [7, 11) is -3.76. The molecule has 0 aliphatic heterocycles. The van der Waals surface area contributed by atoms with Gasteiger partial charge in [-0.05, 0) is 63.9 Å². The highest BCUT2D eigenvalue weighted by molar-refractivity contribution is 7.92. The zero-order valence-electron chi connectivity index (χ0n) is 19.7. The van der Waals surface area contributed by atoms with E-state index in [0.717, 1.165) is 16.1 Å². The fourth-order valence-electron chi connectivity index (χ4n) is 3.27. The van der Waals surface area contributed by atoms with Crippen LogP contribution in [0.2, 0.25) is 5.02 Å². The first-order valence-electron chi connectivity index (χ1n) is 10.7. The monoisotopic (exact) mass is 493 g/mol. The molecule has 1 N–H and O–H groups in total. The highest BCUT2D eigenvalue weighted by Gasteiger charge is 2.31. The molecule has 2 aromatic rings. The molecular weight excluding hydrogens is 462 g/mol. The summed E-state index contributed by atoms with van der Waals surface area (Å²) in [6, 6.07) is 15.0. The topological polar surface area (TPSA) is 86.8 Å². The van der Waals surface area contributed by atoms with Crippen LogP contribution in [0.4, 0.5) is 5.69 Å². The Morgan fingerprint density at radius 2 is 1.61 bits per heavy atom. The number of nitrogens with zero attached hydrogens (tertiary/aromatic N) is 2. The highest BCUT2D eigenvalue weighted by atomic mass is 35.5. The van der Waals surface area contributed by atoms with Crippen LogP contribution in [0.5, 0.6) is 0 Å².